The van der Waals surface area contributed by atoms with Crippen LogP contribution in [0.5, 0.6) is 5.75 Å². The topological polar surface area (TPSA) is 39.9 Å². The van der Waals surface area contributed by atoms with E-state index in [1.165, 1.54) is 35.6 Å². The van der Waals surface area contributed by atoms with Gasteiger partial charge in [-0.05, 0) is 54.4 Å². The first-order valence-electron chi connectivity index (χ1n) is 9.47. The number of alkyl halides is 4. The zero-order valence-electron chi connectivity index (χ0n) is 17.1. The number of nitrogens with zero attached hydrogens (tertiary/aromatic N) is 3. The van der Waals surface area contributed by atoms with Crippen molar-refractivity contribution in [2.24, 2.45) is 7.05 Å². The number of ether oxygens (including phenoxy) is 1. The van der Waals surface area contributed by atoms with E-state index in [-0.39, 0.29) is 22.2 Å². The van der Waals surface area contributed by atoms with E-state index in [1.807, 2.05) is 12.3 Å². The van der Waals surface area contributed by atoms with Crippen molar-refractivity contribution in [3.63, 3.8) is 0 Å². The summed E-state index contributed by atoms with van der Waals surface area (Å²) in [6.45, 7) is 1.92. The van der Waals surface area contributed by atoms with Gasteiger partial charge in [-0.25, -0.2) is 14.1 Å². The molecule has 2 heterocycles. The Labute approximate surface area is 210 Å². The van der Waals surface area contributed by atoms with Crippen molar-refractivity contribution in [1.29, 1.82) is 0 Å². The Morgan fingerprint density at radius 1 is 1.18 bits per heavy atom. The van der Waals surface area contributed by atoms with Crippen LogP contribution in [0.25, 0.3) is 33.2 Å². The summed E-state index contributed by atoms with van der Waals surface area (Å²) in [4.78, 5) is 5.45. The van der Waals surface area contributed by atoms with Crippen LogP contribution >= 0.6 is 50.5 Å². The van der Waals surface area contributed by atoms with Gasteiger partial charge in [0, 0.05) is 22.9 Å². The molecule has 33 heavy (non-hydrogen) atoms. The molecule has 0 fully saturated rings. The molecular formula is C22H15BrCl2F3N3OS. The molecule has 2 aromatic heterocycles. The van der Waals surface area contributed by atoms with Gasteiger partial charge < -0.3 is 4.74 Å². The third kappa shape index (κ3) is 4.77. The molecule has 0 aliphatic heterocycles. The molecule has 0 N–H and O–H groups in total. The molecule has 0 saturated carbocycles. The van der Waals surface area contributed by atoms with Crippen LogP contribution < -0.4 is 4.74 Å². The predicted molar refractivity (Wildman–Crippen MR) is 129 cm³/mol. The van der Waals surface area contributed by atoms with Crippen LogP contribution in [0, 0.1) is 12.7 Å². The zero-order valence-corrected chi connectivity index (χ0v) is 21.0. The standard InChI is InChI=1S/C22H15BrCl2F3N3OS/c1-11-14(20-29-19(30-31(20)2)17-15(24)4-3-5-16(17)26)10-33-18(11)12-6-8-13(9-7-12)32-22(27,28)21(23)25/h3-10,21H,1-2H3. The molecule has 0 spiro atoms. The van der Waals surface area contributed by atoms with Crippen LogP contribution in [0.1, 0.15) is 5.56 Å². The van der Waals surface area contributed by atoms with Crippen LogP contribution in [0.2, 0.25) is 5.02 Å². The number of halogens is 6. The maximum atomic E-state index is 14.3. The minimum absolute atomic E-state index is 0.0111. The molecule has 1 unspecified atom stereocenters. The van der Waals surface area contributed by atoms with E-state index in [1.54, 1.807) is 29.9 Å². The number of thiophene rings is 1. The minimum atomic E-state index is -3.56. The Balaban J connectivity index is 1.65. The second-order valence-corrected chi connectivity index (χ2v) is 10.2. The molecular weight excluding hydrogens is 562 g/mol. The fourth-order valence-corrected chi connectivity index (χ4v) is 4.70. The first-order chi connectivity index (χ1) is 15.6. The largest absolute Gasteiger partial charge is 0.431 e. The maximum absolute atomic E-state index is 14.3. The first kappa shape index (κ1) is 24.1. The van der Waals surface area contributed by atoms with Crippen LogP contribution in [-0.4, -0.2) is 25.2 Å². The molecule has 172 valence electrons. The molecule has 4 nitrogen and oxygen atoms in total. The van der Waals surface area contributed by atoms with E-state index in [4.69, 9.17) is 23.2 Å². The average Bonchev–Trinajstić information content (AvgIpc) is 3.30. The Bertz CT molecular complexity index is 1290. The smallest absolute Gasteiger partial charge is 0.424 e. The van der Waals surface area contributed by atoms with E-state index < -0.39 is 16.2 Å². The quantitative estimate of drug-likeness (QED) is 0.219. The molecule has 0 aliphatic carbocycles. The van der Waals surface area contributed by atoms with Gasteiger partial charge in [0.25, 0.3) is 0 Å². The number of hydrogen-bond acceptors (Lipinski definition) is 4. The maximum Gasteiger partial charge on any atom is 0.424 e. The van der Waals surface area contributed by atoms with Gasteiger partial charge in [0.05, 0.1) is 10.6 Å². The van der Waals surface area contributed by atoms with Gasteiger partial charge in [-0.3, -0.25) is 0 Å². The van der Waals surface area contributed by atoms with Gasteiger partial charge in [0.2, 0.25) is 0 Å². The Hall–Kier alpha value is -2.07. The molecule has 0 bridgehead atoms. The molecule has 0 amide bonds. The summed E-state index contributed by atoms with van der Waals surface area (Å²) in [7, 11) is 1.72. The number of hydrogen-bond donors (Lipinski definition) is 0. The monoisotopic (exact) mass is 575 g/mol. The van der Waals surface area contributed by atoms with Crippen LogP contribution in [-0.2, 0) is 7.05 Å². The van der Waals surface area contributed by atoms with E-state index in [0.29, 0.717) is 5.82 Å². The fourth-order valence-electron chi connectivity index (χ4n) is 3.23. The SMILES string of the molecule is Cc1c(-c2nc(-c3c(F)cccc3Cl)nn2C)csc1-c1ccc(OC(F)(F)C(Cl)Br)cc1. The highest BCUT2D eigenvalue weighted by Crippen LogP contribution is 2.39. The van der Waals surface area contributed by atoms with E-state index in [9.17, 15) is 13.2 Å². The lowest BCUT2D eigenvalue weighted by atomic mass is 10.1. The highest BCUT2D eigenvalue weighted by Gasteiger charge is 2.39. The number of benzene rings is 2. The van der Waals surface area contributed by atoms with Gasteiger partial charge in [-0.1, -0.05) is 45.2 Å². The lowest BCUT2D eigenvalue weighted by Gasteiger charge is -2.18. The third-order valence-corrected chi connectivity index (χ3v) is 7.09. The van der Waals surface area contributed by atoms with E-state index in [0.717, 1.165) is 21.6 Å². The van der Waals surface area contributed by atoms with Crippen molar-refractivity contribution in [1.82, 2.24) is 14.8 Å². The average molecular weight is 577 g/mol. The molecule has 4 aromatic rings. The predicted octanol–water partition coefficient (Wildman–Crippen LogP) is 7.91. The van der Waals surface area contributed by atoms with Gasteiger partial charge in [0.1, 0.15) is 11.6 Å². The molecule has 11 heteroatoms. The molecule has 2 aromatic carbocycles. The van der Waals surface area contributed by atoms with Crippen LogP contribution in [0.4, 0.5) is 13.2 Å². The molecule has 0 saturated heterocycles. The lowest BCUT2D eigenvalue weighted by Crippen LogP contribution is -2.31. The van der Waals surface area contributed by atoms with E-state index in [2.05, 4.69) is 30.7 Å². The molecule has 0 aliphatic rings. The third-order valence-electron chi connectivity index (χ3n) is 4.85. The second-order valence-electron chi connectivity index (χ2n) is 7.07. The molecule has 1 atom stereocenters. The van der Waals surface area contributed by atoms with Crippen molar-refractivity contribution in [3.8, 4) is 39.0 Å². The Kier molecular flexibility index (Phi) is 6.77. The highest BCUT2D eigenvalue weighted by atomic mass is 79.9. The summed E-state index contributed by atoms with van der Waals surface area (Å²) in [6, 6.07) is 10.7. The molecule has 0 radical (unpaired) electrons. The van der Waals surface area contributed by atoms with Gasteiger partial charge in [0.15, 0.2) is 15.9 Å². The summed E-state index contributed by atoms with van der Waals surface area (Å²) in [5, 5.41) is 6.49. The van der Waals surface area contributed by atoms with Gasteiger partial charge in [-0.2, -0.15) is 13.9 Å². The fraction of sp³-hybridized carbons (Fsp3) is 0.182. The number of aryl methyl sites for hydroxylation is 1. The van der Waals surface area contributed by atoms with Crippen molar-refractivity contribution in [2.75, 3.05) is 0 Å². The van der Waals surface area contributed by atoms with E-state index >= 15 is 0 Å². The summed E-state index contributed by atoms with van der Waals surface area (Å²) in [6.07, 6.45) is -3.56. The van der Waals surface area contributed by atoms with Crippen molar-refractivity contribution >= 4 is 50.5 Å². The zero-order chi connectivity index (χ0) is 23.9. The minimum Gasteiger partial charge on any atom is -0.431 e. The molecule has 4 rings (SSSR count). The summed E-state index contributed by atoms with van der Waals surface area (Å²) in [5.74, 6) is 0.225. The Morgan fingerprint density at radius 3 is 2.52 bits per heavy atom. The number of rotatable bonds is 6. The summed E-state index contributed by atoms with van der Waals surface area (Å²) < 4.78 is 46.3. The highest BCUT2D eigenvalue weighted by molar-refractivity contribution is 9.10. The van der Waals surface area contributed by atoms with Gasteiger partial charge >= 0.3 is 6.11 Å². The first-order valence-corrected chi connectivity index (χ1v) is 12.1. The second kappa shape index (κ2) is 9.29. The van der Waals surface area contributed by atoms with Crippen molar-refractivity contribution < 1.29 is 17.9 Å². The van der Waals surface area contributed by atoms with Crippen molar-refractivity contribution in [2.45, 2.75) is 17.3 Å². The summed E-state index contributed by atoms with van der Waals surface area (Å²) >= 11 is 15.7. The van der Waals surface area contributed by atoms with Crippen LogP contribution in [0.15, 0.2) is 47.8 Å². The lowest BCUT2D eigenvalue weighted by molar-refractivity contribution is -0.161. The Morgan fingerprint density at radius 2 is 1.88 bits per heavy atom. The normalized spacial score (nSPS) is 12.7. The van der Waals surface area contributed by atoms with Crippen LogP contribution in [0.3, 0.4) is 0 Å². The van der Waals surface area contributed by atoms with Gasteiger partial charge in [-0.15, -0.1) is 11.3 Å². The number of aromatic nitrogens is 3. The summed E-state index contributed by atoms with van der Waals surface area (Å²) in [5.41, 5.74) is 2.70. The van der Waals surface area contributed by atoms with Crippen molar-refractivity contribution in [3.05, 3.63) is 64.2 Å².